The van der Waals surface area contributed by atoms with Gasteiger partial charge in [0.25, 0.3) is 0 Å². The van der Waals surface area contributed by atoms with E-state index in [1.807, 2.05) is 13.0 Å². The molecule has 1 heterocycles. The van der Waals surface area contributed by atoms with E-state index in [1.54, 1.807) is 12.3 Å². The Morgan fingerprint density at radius 3 is 2.82 bits per heavy atom. The summed E-state index contributed by atoms with van der Waals surface area (Å²) in [5, 5.41) is 6.17. The molecule has 4 nitrogen and oxygen atoms in total. The lowest BCUT2D eigenvalue weighted by Crippen LogP contribution is -2.38. The van der Waals surface area contributed by atoms with Crippen LogP contribution in [-0.2, 0) is 13.0 Å². The highest BCUT2D eigenvalue weighted by molar-refractivity contribution is 5.79. The Bertz CT molecular complexity index is 612. The summed E-state index contributed by atoms with van der Waals surface area (Å²) in [4.78, 5) is 4.36. The van der Waals surface area contributed by atoms with Crippen molar-refractivity contribution in [2.45, 2.75) is 19.9 Å². The first kappa shape index (κ1) is 16.0. The minimum Gasteiger partial charge on any atom is -0.467 e. The maximum absolute atomic E-state index is 13.5. The smallest absolute Gasteiger partial charge is 0.191 e. The number of hydrogen-bond acceptors (Lipinski definition) is 2. The highest BCUT2D eigenvalue weighted by atomic mass is 19.1. The molecule has 0 aliphatic carbocycles. The van der Waals surface area contributed by atoms with Crippen LogP contribution in [0.5, 0.6) is 0 Å². The van der Waals surface area contributed by atoms with E-state index < -0.39 is 11.6 Å². The van der Waals surface area contributed by atoms with Crippen LogP contribution in [0.4, 0.5) is 8.78 Å². The number of furan rings is 1. The summed E-state index contributed by atoms with van der Waals surface area (Å²) in [5.74, 6) is 0.527. The number of halogens is 2. The van der Waals surface area contributed by atoms with Crippen LogP contribution in [0.2, 0.25) is 0 Å². The van der Waals surface area contributed by atoms with Gasteiger partial charge in [0, 0.05) is 13.1 Å². The number of hydrogen-bond donors (Lipinski definition) is 2. The fraction of sp³-hybridized carbons (Fsp3) is 0.312. The number of guanidine groups is 1. The maximum atomic E-state index is 13.5. The predicted octanol–water partition coefficient (Wildman–Crippen LogP) is 2.86. The Morgan fingerprint density at radius 2 is 2.09 bits per heavy atom. The van der Waals surface area contributed by atoms with Crippen molar-refractivity contribution < 1.29 is 13.2 Å². The molecule has 0 unspecified atom stereocenters. The fourth-order valence-electron chi connectivity index (χ4n) is 1.95. The molecule has 0 saturated heterocycles. The van der Waals surface area contributed by atoms with E-state index in [4.69, 9.17) is 4.42 Å². The minimum absolute atomic E-state index is 0.342. The molecule has 0 aliphatic heterocycles. The Morgan fingerprint density at radius 1 is 1.23 bits per heavy atom. The second-order valence-electron chi connectivity index (χ2n) is 4.69. The molecule has 0 radical (unpaired) electrons. The van der Waals surface area contributed by atoms with E-state index in [0.29, 0.717) is 37.6 Å². The molecule has 0 saturated carbocycles. The summed E-state index contributed by atoms with van der Waals surface area (Å²) in [5.41, 5.74) is 0.342. The van der Waals surface area contributed by atoms with Crippen LogP contribution in [-0.4, -0.2) is 19.0 Å². The van der Waals surface area contributed by atoms with Crippen molar-refractivity contribution in [3.8, 4) is 0 Å². The molecular formula is C16H19F2N3O. The second kappa shape index (κ2) is 8.17. The first-order valence-electron chi connectivity index (χ1n) is 7.17. The highest BCUT2D eigenvalue weighted by Gasteiger charge is 2.04. The van der Waals surface area contributed by atoms with Gasteiger partial charge in [0.1, 0.15) is 23.9 Å². The monoisotopic (exact) mass is 307 g/mol. The van der Waals surface area contributed by atoms with Crippen molar-refractivity contribution in [3.63, 3.8) is 0 Å². The number of nitrogens with zero attached hydrogens (tertiary/aromatic N) is 1. The lowest BCUT2D eigenvalue weighted by atomic mass is 10.1. The third-order valence-corrected chi connectivity index (χ3v) is 3.01. The zero-order valence-electron chi connectivity index (χ0n) is 12.4. The minimum atomic E-state index is -0.435. The Hall–Kier alpha value is -2.37. The van der Waals surface area contributed by atoms with E-state index in [2.05, 4.69) is 15.6 Å². The van der Waals surface area contributed by atoms with Crippen molar-refractivity contribution in [3.05, 3.63) is 59.6 Å². The number of rotatable bonds is 6. The van der Waals surface area contributed by atoms with Gasteiger partial charge in [-0.05, 0) is 49.2 Å². The van der Waals surface area contributed by atoms with Gasteiger partial charge in [0.2, 0.25) is 0 Å². The maximum Gasteiger partial charge on any atom is 0.191 e. The van der Waals surface area contributed by atoms with Gasteiger partial charge in [-0.15, -0.1) is 0 Å². The molecule has 6 heteroatoms. The van der Waals surface area contributed by atoms with Crippen LogP contribution in [0.15, 0.2) is 46.0 Å². The third-order valence-electron chi connectivity index (χ3n) is 3.01. The van der Waals surface area contributed by atoms with Gasteiger partial charge in [-0.3, -0.25) is 0 Å². The summed E-state index contributed by atoms with van der Waals surface area (Å²) in [6.45, 7) is 3.52. The SMILES string of the molecule is CCNC(=NCc1ccco1)NCCc1cc(F)ccc1F. The Labute approximate surface area is 128 Å². The van der Waals surface area contributed by atoms with Crippen LogP contribution in [0, 0.1) is 11.6 Å². The Kier molecular flexibility index (Phi) is 5.94. The molecule has 0 amide bonds. The van der Waals surface area contributed by atoms with E-state index in [-0.39, 0.29) is 0 Å². The predicted molar refractivity (Wildman–Crippen MR) is 81.6 cm³/mol. The highest BCUT2D eigenvalue weighted by Crippen LogP contribution is 2.09. The van der Waals surface area contributed by atoms with Crippen molar-refractivity contribution >= 4 is 5.96 Å². The second-order valence-corrected chi connectivity index (χ2v) is 4.69. The van der Waals surface area contributed by atoms with E-state index >= 15 is 0 Å². The van der Waals surface area contributed by atoms with Crippen LogP contribution in [0.3, 0.4) is 0 Å². The molecule has 0 atom stereocenters. The van der Waals surface area contributed by atoms with Gasteiger partial charge >= 0.3 is 0 Å². The van der Waals surface area contributed by atoms with Crippen molar-refractivity contribution in [1.29, 1.82) is 0 Å². The molecule has 0 bridgehead atoms. The van der Waals surface area contributed by atoms with Gasteiger partial charge in [-0.25, -0.2) is 13.8 Å². The van der Waals surface area contributed by atoms with Crippen molar-refractivity contribution in [2.75, 3.05) is 13.1 Å². The Balaban J connectivity index is 1.88. The molecule has 1 aromatic heterocycles. The fourth-order valence-corrected chi connectivity index (χ4v) is 1.95. The van der Waals surface area contributed by atoms with Crippen LogP contribution < -0.4 is 10.6 Å². The quantitative estimate of drug-likeness (QED) is 0.637. The summed E-state index contributed by atoms with van der Waals surface area (Å²) in [6.07, 6.45) is 1.96. The van der Waals surface area contributed by atoms with Crippen LogP contribution >= 0.6 is 0 Å². The number of nitrogens with one attached hydrogen (secondary N) is 2. The molecule has 2 N–H and O–H groups in total. The molecule has 0 spiro atoms. The number of benzene rings is 1. The van der Waals surface area contributed by atoms with Crippen LogP contribution in [0.1, 0.15) is 18.2 Å². The van der Waals surface area contributed by atoms with Crippen LogP contribution in [0.25, 0.3) is 0 Å². The molecule has 0 aliphatic rings. The van der Waals surface area contributed by atoms with Gasteiger partial charge in [-0.2, -0.15) is 0 Å². The standard InChI is InChI=1S/C16H19F2N3O/c1-2-19-16(21-11-14-4-3-9-22-14)20-8-7-12-10-13(17)5-6-15(12)18/h3-6,9-10H,2,7-8,11H2,1H3,(H2,19,20,21). The molecule has 2 rings (SSSR count). The van der Waals surface area contributed by atoms with Gasteiger partial charge in [0.05, 0.1) is 6.26 Å². The normalized spacial score (nSPS) is 11.5. The van der Waals surface area contributed by atoms with Gasteiger partial charge < -0.3 is 15.1 Å². The largest absolute Gasteiger partial charge is 0.467 e. The average molecular weight is 307 g/mol. The zero-order chi connectivity index (χ0) is 15.8. The van der Waals surface area contributed by atoms with Gasteiger partial charge in [0.15, 0.2) is 5.96 Å². The lowest BCUT2D eigenvalue weighted by molar-refractivity contribution is 0.512. The summed E-state index contributed by atoms with van der Waals surface area (Å²) >= 11 is 0. The van der Waals surface area contributed by atoms with E-state index in [0.717, 1.165) is 17.9 Å². The summed E-state index contributed by atoms with van der Waals surface area (Å²) < 4.78 is 31.8. The molecule has 0 fully saturated rings. The zero-order valence-corrected chi connectivity index (χ0v) is 12.4. The van der Waals surface area contributed by atoms with E-state index in [1.165, 1.54) is 6.07 Å². The van der Waals surface area contributed by atoms with Crippen molar-refractivity contribution in [1.82, 2.24) is 10.6 Å². The summed E-state index contributed by atoms with van der Waals surface area (Å²) in [7, 11) is 0. The topological polar surface area (TPSA) is 49.6 Å². The molecule has 2 aromatic rings. The first-order valence-corrected chi connectivity index (χ1v) is 7.17. The molecule has 22 heavy (non-hydrogen) atoms. The lowest BCUT2D eigenvalue weighted by Gasteiger charge is -2.11. The van der Waals surface area contributed by atoms with E-state index in [9.17, 15) is 8.78 Å². The average Bonchev–Trinajstić information content (AvgIpc) is 3.01. The first-order chi connectivity index (χ1) is 10.7. The molecule has 118 valence electrons. The van der Waals surface area contributed by atoms with Crippen molar-refractivity contribution in [2.24, 2.45) is 4.99 Å². The molecule has 1 aromatic carbocycles. The molecular weight excluding hydrogens is 288 g/mol. The van der Waals surface area contributed by atoms with Gasteiger partial charge in [-0.1, -0.05) is 0 Å². The summed E-state index contributed by atoms with van der Waals surface area (Å²) in [6, 6.07) is 7.11. The third kappa shape index (κ3) is 4.87. The number of aliphatic imine (C=N–C) groups is 1.